The molecule has 0 aromatic heterocycles. The van der Waals surface area contributed by atoms with E-state index in [9.17, 15) is 9.50 Å². The van der Waals surface area contributed by atoms with Crippen LogP contribution >= 0.6 is 15.9 Å². The zero-order valence-corrected chi connectivity index (χ0v) is 10.2. The number of aliphatic hydroxyl groups excluding tert-OH is 1. The Morgan fingerprint density at radius 1 is 1.50 bits per heavy atom. The Kier molecular flexibility index (Phi) is 3.00. The van der Waals surface area contributed by atoms with E-state index in [1.54, 1.807) is 6.07 Å². The summed E-state index contributed by atoms with van der Waals surface area (Å²) >= 11 is 3.27. The highest BCUT2D eigenvalue weighted by Crippen LogP contribution is 2.50. The van der Waals surface area contributed by atoms with Gasteiger partial charge < -0.3 is 5.11 Å². The molecule has 2 nitrogen and oxygen atoms in total. The van der Waals surface area contributed by atoms with Crippen molar-refractivity contribution in [2.75, 3.05) is 0 Å². The third kappa shape index (κ3) is 1.74. The summed E-state index contributed by atoms with van der Waals surface area (Å²) in [5, 5.41) is 19.3. The second-order valence-electron chi connectivity index (χ2n) is 4.19. The van der Waals surface area contributed by atoms with Crippen LogP contribution in [0.4, 0.5) is 4.39 Å². The summed E-state index contributed by atoms with van der Waals surface area (Å²) in [5.41, 5.74) is -0.266. The van der Waals surface area contributed by atoms with E-state index in [4.69, 9.17) is 5.26 Å². The van der Waals surface area contributed by atoms with Crippen molar-refractivity contribution in [1.82, 2.24) is 0 Å². The normalized spacial score (nSPS) is 19.6. The highest BCUT2D eigenvalue weighted by Gasteiger charge is 2.45. The van der Waals surface area contributed by atoms with Crippen LogP contribution in [-0.4, -0.2) is 5.11 Å². The van der Waals surface area contributed by atoms with Crippen LogP contribution in [0.15, 0.2) is 22.7 Å². The summed E-state index contributed by atoms with van der Waals surface area (Å²) in [6.07, 6.45) is 1.37. The monoisotopic (exact) mass is 283 g/mol. The van der Waals surface area contributed by atoms with Gasteiger partial charge in [0.2, 0.25) is 0 Å². The predicted molar refractivity (Wildman–Crippen MR) is 61.0 cm³/mol. The summed E-state index contributed by atoms with van der Waals surface area (Å²) in [4.78, 5) is 0. The lowest BCUT2D eigenvalue weighted by Gasteiger charge is -2.39. The molecular formula is C12H11BrFNO. The van der Waals surface area contributed by atoms with Crippen molar-refractivity contribution in [3.63, 3.8) is 0 Å². The summed E-state index contributed by atoms with van der Waals surface area (Å²) in [7, 11) is 0. The van der Waals surface area contributed by atoms with Gasteiger partial charge in [-0.05, 0) is 36.6 Å². The van der Waals surface area contributed by atoms with E-state index in [1.807, 2.05) is 0 Å². The van der Waals surface area contributed by atoms with E-state index in [2.05, 4.69) is 22.0 Å². The SMILES string of the molecule is N#CC1(C(O)c2cc(F)ccc2Br)CCC1. The van der Waals surface area contributed by atoms with Crippen LogP contribution < -0.4 is 0 Å². The minimum atomic E-state index is -0.920. The zero-order chi connectivity index (χ0) is 11.8. The van der Waals surface area contributed by atoms with Gasteiger partial charge in [-0.25, -0.2) is 4.39 Å². The molecule has 1 aromatic carbocycles. The molecule has 1 N–H and O–H groups in total. The minimum Gasteiger partial charge on any atom is -0.387 e. The molecule has 1 aliphatic carbocycles. The number of nitriles is 1. The van der Waals surface area contributed by atoms with E-state index in [1.165, 1.54) is 12.1 Å². The molecule has 1 fully saturated rings. The topological polar surface area (TPSA) is 44.0 Å². The third-order valence-corrected chi connectivity index (χ3v) is 3.97. The second-order valence-corrected chi connectivity index (χ2v) is 5.04. The van der Waals surface area contributed by atoms with Crippen LogP contribution in [0, 0.1) is 22.6 Å². The molecule has 4 heteroatoms. The number of aliphatic hydroxyl groups is 1. The Balaban J connectivity index is 2.37. The van der Waals surface area contributed by atoms with Gasteiger partial charge in [-0.15, -0.1) is 0 Å². The van der Waals surface area contributed by atoms with E-state index in [-0.39, 0.29) is 0 Å². The molecule has 1 aromatic rings. The first-order valence-electron chi connectivity index (χ1n) is 5.13. The first-order valence-corrected chi connectivity index (χ1v) is 5.93. The first-order chi connectivity index (χ1) is 7.59. The van der Waals surface area contributed by atoms with Crippen molar-refractivity contribution in [1.29, 1.82) is 5.26 Å². The number of halogens is 2. The highest BCUT2D eigenvalue weighted by molar-refractivity contribution is 9.10. The molecule has 0 amide bonds. The quantitative estimate of drug-likeness (QED) is 0.905. The first kappa shape index (κ1) is 11.6. The summed E-state index contributed by atoms with van der Waals surface area (Å²) in [6, 6.07) is 6.32. The number of benzene rings is 1. The number of nitrogens with zero attached hydrogens (tertiary/aromatic N) is 1. The number of rotatable bonds is 2. The van der Waals surface area contributed by atoms with Crippen molar-refractivity contribution in [3.8, 4) is 6.07 Å². The molecule has 1 saturated carbocycles. The molecule has 1 unspecified atom stereocenters. The van der Waals surface area contributed by atoms with Crippen molar-refractivity contribution in [3.05, 3.63) is 34.1 Å². The molecule has 0 aliphatic heterocycles. The standard InChI is InChI=1S/C12H11BrFNO/c13-10-3-2-8(14)6-9(10)11(16)12(7-15)4-1-5-12/h2-3,6,11,16H,1,4-5H2. The van der Waals surface area contributed by atoms with E-state index < -0.39 is 17.3 Å². The van der Waals surface area contributed by atoms with Crippen LogP contribution in [0.25, 0.3) is 0 Å². The Morgan fingerprint density at radius 3 is 2.69 bits per heavy atom. The molecule has 0 saturated heterocycles. The second kappa shape index (κ2) is 4.15. The van der Waals surface area contributed by atoms with Crippen LogP contribution in [0.2, 0.25) is 0 Å². The molecule has 16 heavy (non-hydrogen) atoms. The van der Waals surface area contributed by atoms with Crippen molar-refractivity contribution in [2.45, 2.75) is 25.4 Å². The van der Waals surface area contributed by atoms with Gasteiger partial charge in [0.15, 0.2) is 0 Å². The molecule has 2 rings (SSSR count). The van der Waals surface area contributed by atoms with Crippen molar-refractivity contribution < 1.29 is 9.50 Å². The third-order valence-electron chi connectivity index (χ3n) is 3.24. The lowest BCUT2D eigenvalue weighted by Crippen LogP contribution is -2.34. The van der Waals surface area contributed by atoms with Gasteiger partial charge in [-0.2, -0.15) is 5.26 Å². The Bertz CT molecular complexity index is 451. The maximum Gasteiger partial charge on any atom is 0.123 e. The average molecular weight is 284 g/mol. The number of hydrogen-bond donors (Lipinski definition) is 1. The summed E-state index contributed by atoms with van der Waals surface area (Å²) < 4.78 is 13.7. The Hall–Kier alpha value is -0.920. The summed E-state index contributed by atoms with van der Waals surface area (Å²) in [6.45, 7) is 0. The molecule has 0 spiro atoms. The molecule has 1 atom stereocenters. The van der Waals surface area contributed by atoms with Gasteiger partial charge in [-0.3, -0.25) is 0 Å². The predicted octanol–water partition coefficient (Wildman–Crippen LogP) is 3.32. The lowest BCUT2D eigenvalue weighted by molar-refractivity contribution is 0.00729. The molecular weight excluding hydrogens is 273 g/mol. The van der Waals surface area contributed by atoms with Crippen LogP contribution in [0.1, 0.15) is 30.9 Å². The smallest absolute Gasteiger partial charge is 0.123 e. The molecule has 0 heterocycles. The largest absolute Gasteiger partial charge is 0.387 e. The fraction of sp³-hybridized carbons (Fsp3) is 0.417. The zero-order valence-electron chi connectivity index (χ0n) is 8.58. The van der Waals surface area contributed by atoms with Gasteiger partial charge in [-0.1, -0.05) is 22.4 Å². The van der Waals surface area contributed by atoms with Crippen molar-refractivity contribution >= 4 is 15.9 Å². The van der Waals surface area contributed by atoms with Gasteiger partial charge in [0.1, 0.15) is 5.82 Å². The van der Waals surface area contributed by atoms with Gasteiger partial charge in [0.05, 0.1) is 17.6 Å². The molecule has 0 radical (unpaired) electrons. The van der Waals surface area contributed by atoms with E-state index in [0.717, 1.165) is 6.42 Å². The maximum absolute atomic E-state index is 13.1. The summed E-state index contributed by atoms with van der Waals surface area (Å²) in [5.74, 6) is -0.398. The van der Waals surface area contributed by atoms with E-state index >= 15 is 0 Å². The van der Waals surface area contributed by atoms with Crippen LogP contribution in [0.3, 0.4) is 0 Å². The number of hydrogen-bond acceptors (Lipinski definition) is 2. The maximum atomic E-state index is 13.1. The fourth-order valence-electron chi connectivity index (χ4n) is 2.03. The van der Waals surface area contributed by atoms with E-state index in [0.29, 0.717) is 22.9 Å². The van der Waals surface area contributed by atoms with Gasteiger partial charge in [0.25, 0.3) is 0 Å². The molecule has 1 aliphatic rings. The molecule has 0 bridgehead atoms. The minimum absolute atomic E-state index is 0.398. The van der Waals surface area contributed by atoms with Crippen LogP contribution in [-0.2, 0) is 0 Å². The lowest BCUT2D eigenvalue weighted by atomic mass is 9.65. The highest BCUT2D eigenvalue weighted by atomic mass is 79.9. The average Bonchev–Trinajstić information content (AvgIpc) is 2.21. The van der Waals surface area contributed by atoms with Crippen LogP contribution in [0.5, 0.6) is 0 Å². The fourth-order valence-corrected chi connectivity index (χ4v) is 2.49. The Morgan fingerprint density at radius 2 is 2.19 bits per heavy atom. The molecule has 84 valence electrons. The Labute approximate surface area is 102 Å². The van der Waals surface area contributed by atoms with Crippen molar-refractivity contribution in [2.24, 2.45) is 5.41 Å². The van der Waals surface area contributed by atoms with Gasteiger partial charge in [0, 0.05) is 4.47 Å². The van der Waals surface area contributed by atoms with Gasteiger partial charge >= 0.3 is 0 Å².